The van der Waals surface area contributed by atoms with Gasteiger partial charge < -0.3 is 15.2 Å². The lowest BCUT2D eigenvalue weighted by Gasteiger charge is -2.24. The standard InChI is InChI=1S/C14H21N5/c1-2-18-10-8-17-14(18)19(9-4-6-15)12-13-5-3-7-16-11-13/h3,5,7-8,10-11H,2,4,6,9,12,15H2,1H3. The van der Waals surface area contributed by atoms with Gasteiger partial charge in [-0.25, -0.2) is 4.98 Å². The van der Waals surface area contributed by atoms with E-state index in [-0.39, 0.29) is 0 Å². The molecule has 102 valence electrons. The van der Waals surface area contributed by atoms with Crippen LogP contribution in [-0.4, -0.2) is 27.6 Å². The van der Waals surface area contributed by atoms with E-state index in [0.717, 1.165) is 32.0 Å². The molecule has 0 bridgehead atoms. The minimum absolute atomic E-state index is 0.691. The van der Waals surface area contributed by atoms with E-state index in [4.69, 9.17) is 5.73 Å². The second-order valence-corrected chi connectivity index (χ2v) is 4.44. The Kier molecular flexibility index (Phi) is 4.92. The molecule has 2 rings (SSSR count). The van der Waals surface area contributed by atoms with Gasteiger partial charge in [0.25, 0.3) is 0 Å². The molecule has 0 saturated carbocycles. The van der Waals surface area contributed by atoms with E-state index in [9.17, 15) is 0 Å². The van der Waals surface area contributed by atoms with Gasteiger partial charge in [0.2, 0.25) is 5.95 Å². The molecule has 0 atom stereocenters. The highest BCUT2D eigenvalue weighted by molar-refractivity contribution is 5.33. The number of rotatable bonds is 7. The number of imidazole rings is 1. The van der Waals surface area contributed by atoms with Crippen LogP contribution < -0.4 is 10.6 Å². The first-order valence-electron chi connectivity index (χ1n) is 6.70. The van der Waals surface area contributed by atoms with Crippen molar-refractivity contribution in [1.29, 1.82) is 0 Å². The van der Waals surface area contributed by atoms with Crippen molar-refractivity contribution < 1.29 is 0 Å². The van der Waals surface area contributed by atoms with Crippen molar-refractivity contribution in [3.8, 4) is 0 Å². The maximum Gasteiger partial charge on any atom is 0.205 e. The van der Waals surface area contributed by atoms with Crippen molar-refractivity contribution in [1.82, 2.24) is 14.5 Å². The number of aromatic nitrogens is 3. The summed E-state index contributed by atoms with van der Waals surface area (Å²) in [6, 6.07) is 4.05. The Morgan fingerprint density at radius 1 is 1.37 bits per heavy atom. The summed E-state index contributed by atoms with van der Waals surface area (Å²) in [6.45, 7) is 5.45. The summed E-state index contributed by atoms with van der Waals surface area (Å²) in [5.74, 6) is 1.000. The third kappa shape index (κ3) is 3.54. The Balaban J connectivity index is 2.16. The van der Waals surface area contributed by atoms with Crippen LogP contribution in [0, 0.1) is 0 Å². The quantitative estimate of drug-likeness (QED) is 0.821. The summed E-state index contributed by atoms with van der Waals surface area (Å²) in [7, 11) is 0. The first-order chi connectivity index (χ1) is 9.35. The molecular weight excluding hydrogens is 238 g/mol. The second-order valence-electron chi connectivity index (χ2n) is 4.44. The number of pyridine rings is 1. The zero-order valence-corrected chi connectivity index (χ0v) is 11.4. The molecule has 0 aliphatic rings. The SMILES string of the molecule is CCn1ccnc1N(CCCN)Cc1cccnc1. The number of aryl methyl sites for hydroxylation is 1. The van der Waals surface area contributed by atoms with Crippen LogP contribution in [0.25, 0.3) is 0 Å². The number of nitrogens with two attached hydrogens (primary N) is 1. The van der Waals surface area contributed by atoms with Gasteiger partial charge in [0.05, 0.1) is 0 Å². The summed E-state index contributed by atoms with van der Waals surface area (Å²) < 4.78 is 2.15. The minimum Gasteiger partial charge on any atom is -0.338 e. The normalized spacial score (nSPS) is 10.6. The highest BCUT2D eigenvalue weighted by atomic mass is 15.3. The van der Waals surface area contributed by atoms with E-state index in [2.05, 4.69) is 32.4 Å². The number of hydrogen-bond acceptors (Lipinski definition) is 4. The molecule has 2 N–H and O–H groups in total. The lowest BCUT2D eigenvalue weighted by atomic mass is 10.2. The highest BCUT2D eigenvalue weighted by Crippen LogP contribution is 2.15. The highest BCUT2D eigenvalue weighted by Gasteiger charge is 2.12. The average Bonchev–Trinajstić information content (AvgIpc) is 2.93. The molecule has 0 fully saturated rings. The van der Waals surface area contributed by atoms with Crippen LogP contribution in [0.3, 0.4) is 0 Å². The predicted molar refractivity (Wildman–Crippen MR) is 76.9 cm³/mol. The topological polar surface area (TPSA) is 60.0 Å². The molecular formula is C14H21N5. The summed E-state index contributed by atoms with van der Waals surface area (Å²) >= 11 is 0. The molecule has 5 nitrogen and oxygen atoms in total. The lowest BCUT2D eigenvalue weighted by molar-refractivity contribution is 0.667. The van der Waals surface area contributed by atoms with Crippen LogP contribution in [0.4, 0.5) is 5.95 Å². The number of anilines is 1. The summed E-state index contributed by atoms with van der Waals surface area (Å²) in [4.78, 5) is 10.9. The molecule has 2 heterocycles. The first-order valence-corrected chi connectivity index (χ1v) is 6.70. The Morgan fingerprint density at radius 2 is 2.26 bits per heavy atom. The maximum atomic E-state index is 5.63. The van der Waals surface area contributed by atoms with Gasteiger partial charge in [-0.2, -0.15) is 0 Å². The summed E-state index contributed by atoms with van der Waals surface area (Å²) in [5, 5.41) is 0. The molecule has 5 heteroatoms. The fraction of sp³-hybridized carbons (Fsp3) is 0.429. The molecule has 0 spiro atoms. The molecule has 0 aliphatic carbocycles. The molecule has 19 heavy (non-hydrogen) atoms. The fourth-order valence-corrected chi connectivity index (χ4v) is 2.08. The van der Waals surface area contributed by atoms with Gasteiger partial charge in [-0.05, 0) is 31.5 Å². The van der Waals surface area contributed by atoms with Crippen LogP contribution in [0.5, 0.6) is 0 Å². The van der Waals surface area contributed by atoms with E-state index in [1.54, 1.807) is 6.20 Å². The summed E-state index contributed by atoms with van der Waals surface area (Å²) in [5.41, 5.74) is 6.81. The molecule has 0 aromatic carbocycles. The second kappa shape index (κ2) is 6.89. The first kappa shape index (κ1) is 13.5. The fourth-order valence-electron chi connectivity index (χ4n) is 2.08. The minimum atomic E-state index is 0.691. The van der Waals surface area contributed by atoms with Gasteiger partial charge in [0, 0.05) is 44.4 Å². The van der Waals surface area contributed by atoms with Gasteiger partial charge in [0.1, 0.15) is 0 Å². The van der Waals surface area contributed by atoms with Crippen LogP contribution >= 0.6 is 0 Å². The summed E-state index contributed by atoms with van der Waals surface area (Å²) in [6.07, 6.45) is 8.50. The van der Waals surface area contributed by atoms with Crippen LogP contribution in [0.1, 0.15) is 18.9 Å². The predicted octanol–water partition coefficient (Wildman–Crippen LogP) is 1.65. The van der Waals surface area contributed by atoms with Gasteiger partial charge >= 0.3 is 0 Å². The molecule has 0 unspecified atom stereocenters. The van der Waals surface area contributed by atoms with Gasteiger partial charge in [0.15, 0.2) is 0 Å². The van der Waals surface area contributed by atoms with E-state index in [1.165, 1.54) is 5.56 Å². The van der Waals surface area contributed by atoms with Crippen LogP contribution in [0.15, 0.2) is 36.9 Å². The Labute approximate surface area is 114 Å². The van der Waals surface area contributed by atoms with E-state index < -0.39 is 0 Å². The van der Waals surface area contributed by atoms with E-state index >= 15 is 0 Å². The average molecular weight is 259 g/mol. The van der Waals surface area contributed by atoms with Crippen molar-refractivity contribution in [2.75, 3.05) is 18.0 Å². The van der Waals surface area contributed by atoms with Gasteiger partial charge in [-0.15, -0.1) is 0 Å². The third-order valence-corrected chi connectivity index (χ3v) is 3.05. The van der Waals surface area contributed by atoms with Crippen molar-refractivity contribution in [3.63, 3.8) is 0 Å². The number of hydrogen-bond donors (Lipinski definition) is 1. The van der Waals surface area contributed by atoms with Crippen LogP contribution in [0.2, 0.25) is 0 Å². The van der Waals surface area contributed by atoms with Gasteiger partial charge in [-0.1, -0.05) is 6.07 Å². The molecule has 0 aliphatic heterocycles. The Bertz CT molecular complexity index is 480. The smallest absolute Gasteiger partial charge is 0.205 e. The van der Waals surface area contributed by atoms with Crippen molar-refractivity contribution in [3.05, 3.63) is 42.5 Å². The Hall–Kier alpha value is -1.88. The third-order valence-electron chi connectivity index (χ3n) is 3.05. The molecule has 0 saturated heterocycles. The molecule has 2 aromatic heterocycles. The van der Waals surface area contributed by atoms with Gasteiger partial charge in [-0.3, -0.25) is 4.98 Å². The van der Waals surface area contributed by atoms with E-state index in [0.29, 0.717) is 6.54 Å². The van der Waals surface area contributed by atoms with Crippen LogP contribution in [-0.2, 0) is 13.1 Å². The van der Waals surface area contributed by atoms with Crippen molar-refractivity contribution >= 4 is 5.95 Å². The Morgan fingerprint density at radius 3 is 2.95 bits per heavy atom. The van der Waals surface area contributed by atoms with Crippen molar-refractivity contribution in [2.24, 2.45) is 5.73 Å². The lowest BCUT2D eigenvalue weighted by Crippen LogP contribution is -2.28. The van der Waals surface area contributed by atoms with Crippen molar-refractivity contribution in [2.45, 2.75) is 26.4 Å². The van der Waals surface area contributed by atoms with E-state index in [1.807, 2.05) is 24.7 Å². The largest absolute Gasteiger partial charge is 0.338 e. The monoisotopic (exact) mass is 259 g/mol. The maximum absolute atomic E-state index is 5.63. The molecule has 0 amide bonds. The molecule has 0 radical (unpaired) electrons. The number of nitrogens with zero attached hydrogens (tertiary/aromatic N) is 4. The molecule has 2 aromatic rings. The zero-order chi connectivity index (χ0) is 13.5. The zero-order valence-electron chi connectivity index (χ0n) is 11.4.